The average molecular weight is 343 g/mol. The molecule has 2 aromatic rings. The van der Waals surface area contributed by atoms with E-state index in [1.165, 1.54) is 5.56 Å². The van der Waals surface area contributed by atoms with Crippen molar-refractivity contribution in [1.29, 1.82) is 0 Å². The third-order valence-electron chi connectivity index (χ3n) is 4.24. The predicted octanol–water partition coefficient (Wildman–Crippen LogP) is 3.89. The van der Waals surface area contributed by atoms with Crippen molar-refractivity contribution in [3.8, 4) is 0 Å². The highest BCUT2D eigenvalue weighted by atomic mass is 35.5. The molecule has 1 heterocycles. The van der Waals surface area contributed by atoms with Crippen LogP contribution in [0.25, 0.3) is 0 Å². The summed E-state index contributed by atoms with van der Waals surface area (Å²) in [5, 5.41) is 3.50. The molecular formula is C19H19ClN2O2. The largest absolute Gasteiger partial charge is 0.338 e. The second-order valence-corrected chi connectivity index (χ2v) is 6.30. The van der Waals surface area contributed by atoms with Crippen LogP contribution in [-0.2, 0) is 17.8 Å². The number of hydrogen-bond acceptors (Lipinski definition) is 2. The molecule has 0 aromatic heterocycles. The molecule has 0 aliphatic carbocycles. The molecular weight excluding hydrogens is 324 g/mol. The number of rotatable bonds is 3. The normalized spacial score (nSPS) is 13.3. The Morgan fingerprint density at radius 2 is 1.88 bits per heavy atom. The van der Waals surface area contributed by atoms with E-state index in [0.717, 1.165) is 24.2 Å². The molecule has 0 saturated heterocycles. The van der Waals surface area contributed by atoms with Gasteiger partial charge in [0.1, 0.15) is 0 Å². The van der Waals surface area contributed by atoms with Crippen LogP contribution in [0.4, 0.5) is 5.69 Å². The maximum atomic E-state index is 12.3. The number of hydrogen-bond donors (Lipinski definition) is 1. The lowest BCUT2D eigenvalue weighted by molar-refractivity contribution is -0.131. The molecule has 0 fully saturated rings. The molecule has 2 aromatic carbocycles. The molecule has 2 amide bonds. The monoisotopic (exact) mass is 342 g/mol. The lowest BCUT2D eigenvalue weighted by Crippen LogP contribution is -2.35. The van der Waals surface area contributed by atoms with Crippen molar-refractivity contribution in [2.75, 3.05) is 11.9 Å². The molecule has 1 aliphatic heterocycles. The van der Waals surface area contributed by atoms with Crippen LogP contribution < -0.4 is 5.32 Å². The number of fused-ring (bicyclic) bond motifs is 1. The van der Waals surface area contributed by atoms with Crippen molar-refractivity contribution in [2.24, 2.45) is 0 Å². The standard InChI is InChI=1S/C19H19ClN2O2/c1-2-18(23)22-10-9-13-5-8-17(11-15(13)12-22)21-19(24)14-3-6-16(20)7-4-14/h3-8,11H,2,9-10,12H2,1H3,(H,21,24). The van der Waals surface area contributed by atoms with E-state index >= 15 is 0 Å². The van der Waals surface area contributed by atoms with Gasteiger partial charge in [0.15, 0.2) is 0 Å². The number of nitrogens with zero attached hydrogens (tertiary/aromatic N) is 1. The van der Waals surface area contributed by atoms with Crippen molar-refractivity contribution >= 4 is 29.1 Å². The summed E-state index contributed by atoms with van der Waals surface area (Å²) in [6, 6.07) is 12.7. The highest BCUT2D eigenvalue weighted by Gasteiger charge is 2.20. The first kappa shape index (κ1) is 16.5. The zero-order chi connectivity index (χ0) is 17.1. The fourth-order valence-corrected chi connectivity index (χ4v) is 3.00. The van der Waals surface area contributed by atoms with Gasteiger partial charge in [0.2, 0.25) is 5.91 Å². The summed E-state index contributed by atoms with van der Waals surface area (Å²) in [7, 11) is 0. The quantitative estimate of drug-likeness (QED) is 0.920. The van der Waals surface area contributed by atoms with Gasteiger partial charge in [-0.2, -0.15) is 0 Å². The number of amides is 2. The minimum absolute atomic E-state index is 0.163. The summed E-state index contributed by atoms with van der Waals surface area (Å²) in [5.74, 6) is -0.0137. The number of carbonyl (C=O) groups excluding carboxylic acids is 2. The minimum atomic E-state index is -0.177. The fourth-order valence-electron chi connectivity index (χ4n) is 2.88. The third kappa shape index (κ3) is 3.60. The molecule has 1 aliphatic rings. The number of nitrogens with one attached hydrogen (secondary N) is 1. The summed E-state index contributed by atoms with van der Waals surface area (Å²) in [4.78, 5) is 26.1. The van der Waals surface area contributed by atoms with E-state index in [0.29, 0.717) is 23.6 Å². The van der Waals surface area contributed by atoms with E-state index in [1.54, 1.807) is 24.3 Å². The van der Waals surface area contributed by atoms with Crippen LogP contribution in [0.5, 0.6) is 0 Å². The van der Waals surface area contributed by atoms with Gasteiger partial charge in [0.05, 0.1) is 0 Å². The van der Waals surface area contributed by atoms with E-state index < -0.39 is 0 Å². The molecule has 124 valence electrons. The van der Waals surface area contributed by atoms with Crippen LogP contribution in [0, 0.1) is 0 Å². The van der Waals surface area contributed by atoms with Crippen LogP contribution in [0.3, 0.4) is 0 Å². The summed E-state index contributed by atoms with van der Waals surface area (Å²) in [6.07, 6.45) is 1.37. The average Bonchev–Trinajstić information content (AvgIpc) is 2.61. The minimum Gasteiger partial charge on any atom is -0.338 e. The van der Waals surface area contributed by atoms with Gasteiger partial charge in [0, 0.05) is 35.8 Å². The summed E-state index contributed by atoms with van der Waals surface area (Å²) in [6.45, 7) is 3.24. The van der Waals surface area contributed by atoms with Crippen LogP contribution in [0.1, 0.15) is 34.8 Å². The van der Waals surface area contributed by atoms with Crippen molar-refractivity contribution in [2.45, 2.75) is 26.3 Å². The third-order valence-corrected chi connectivity index (χ3v) is 4.49. The van der Waals surface area contributed by atoms with Crippen molar-refractivity contribution in [3.63, 3.8) is 0 Å². The Balaban J connectivity index is 1.75. The van der Waals surface area contributed by atoms with E-state index in [2.05, 4.69) is 5.32 Å². The number of carbonyl (C=O) groups is 2. The van der Waals surface area contributed by atoms with Gasteiger partial charge in [-0.3, -0.25) is 9.59 Å². The molecule has 0 unspecified atom stereocenters. The van der Waals surface area contributed by atoms with Crippen LogP contribution >= 0.6 is 11.6 Å². The van der Waals surface area contributed by atoms with Gasteiger partial charge < -0.3 is 10.2 Å². The predicted molar refractivity (Wildman–Crippen MR) is 95.3 cm³/mol. The first-order valence-corrected chi connectivity index (χ1v) is 8.41. The van der Waals surface area contributed by atoms with Crippen LogP contribution in [0.2, 0.25) is 5.02 Å². The molecule has 0 spiro atoms. The number of anilines is 1. The van der Waals surface area contributed by atoms with Crippen molar-refractivity contribution < 1.29 is 9.59 Å². The van der Waals surface area contributed by atoms with E-state index in [9.17, 15) is 9.59 Å². The summed E-state index contributed by atoms with van der Waals surface area (Å²) in [5.41, 5.74) is 3.62. The van der Waals surface area contributed by atoms with Gasteiger partial charge in [0.25, 0.3) is 5.91 Å². The topological polar surface area (TPSA) is 49.4 Å². The second kappa shape index (κ2) is 7.05. The molecule has 0 atom stereocenters. The highest BCUT2D eigenvalue weighted by molar-refractivity contribution is 6.30. The molecule has 0 radical (unpaired) electrons. The lowest BCUT2D eigenvalue weighted by Gasteiger charge is -2.29. The van der Waals surface area contributed by atoms with Gasteiger partial charge in [-0.15, -0.1) is 0 Å². The number of benzene rings is 2. The molecule has 3 rings (SSSR count). The maximum Gasteiger partial charge on any atom is 0.255 e. The Bertz CT molecular complexity index is 771. The highest BCUT2D eigenvalue weighted by Crippen LogP contribution is 2.23. The Hall–Kier alpha value is -2.33. The van der Waals surface area contributed by atoms with Gasteiger partial charge in [-0.05, 0) is 53.9 Å². The van der Waals surface area contributed by atoms with E-state index in [-0.39, 0.29) is 11.8 Å². The zero-order valence-corrected chi connectivity index (χ0v) is 14.3. The second-order valence-electron chi connectivity index (χ2n) is 5.86. The molecule has 0 saturated carbocycles. The Labute approximate surface area is 146 Å². The van der Waals surface area contributed by atoms with Crippen molar-refractivity contribution in [3.05, 3.63) is 64.2 Å². The number of halogens is 1. The van der Waals surface area contributed by atoms with E-state index in [4.69, 9.17) is 11.6 Å². The maximum absolute atomic E-state index is 12.3. The van der Waals surface area contributed by atoms with Gasteiger partial charge in [-0.1, -0.05) is 24.6 Å². The molecule has 0 bridgehead atoms. The van der Waals surface area contributed by atoms with Gasteiger partial charge >= 0.3 is 0 Å². The zero-order valence-electron chi connectivity index (χ0n) is 13.5. The van der Waals surface area contributed by atoms with Gasteiger partial charge in [-0.25, -0.2) is 0 Å². The van der Waals surface area contributed by atoms with Crippen LogP contribution in [0.15, 0.2) is 42.5 Å². The smallest absolute Gasteiger partial charge is 0.255 e. The first-order chi connectivity index (χ1) is 11.6. The molecule has 4 nitrogen and oxygen atoms in total. The van der Waals surface area contributed by atoms with Crippen LogP contribution in [-0.4, -0.2) is 23.3 Å². The van der Waals surface area contributed by atoms with Crippen molar-refractivity contribution in [1.82, 2.24) is 4.90 Å². The summed E-state index contributed by atoms with van der Waals surface area (Å²) >= 11 is 5.84. The Morgan fingerprint density at radius 1 is 1.12 bits per heavy atom. The SMILES string of the molecule is CCC(=O)N1CCc2ccc(NC(=O)c3ccc(Cl)cc3)cc2C1. The fraction of sp³-hybridized carbons (Fsp3) is 0.263. The Kier molecular flexibility index (Phi) is 4.86. The van der Waals surface area contributed by atoms with E-state index in [1.807, 2.05) is 30.0 Å². The molecule has 5 heteroatoms. The lowest BCUT2D eigenvalue weighted by atomic mass is 9.98. The Morgan fingerprint density at radius 3 is 2.58 bits per heavy atom. The molecule has 1 N–H and O–H groups in total. The molecule has 24 heavy (non-hydrogen) atoms. The summed E-state index contributed by atoms with van der Waals surface area (Å²) < 4.78 is 0. The first-order valence-electron chi connectivity index (χ1n) is 8.03.